The van der Waals surface area contributed by atoms with Crippen molar-refractivity contribution in [2.45, 2.75) is 19.4 Å². The zero-order valence-corrected chi connectivity index (χ0v) is 7.61. The molecule has 0 aliphatic carbocycles. The minimum atomic E-state index is -1.36. The van der Waals surface area contributed by atoms with Crippen LogP contribution in [0, 0.1) is 0 Å². The van der Waals surface area contributed by atoms with Gasteiger partial charge in [0.15, 0.2) is 5.78 Å². The Bertz CT molecular complexity index is 311. The summed E-state index contributed by atoms with van der Waals surface area (Å²) >= 11 is 0. The van der Waals surface area contributed by atoms with Gasteiger partial charge < -0.3 is 10.2 Å². The predicted molar refractivity (Wildman–Crippen MR) is 55.9 cm³/mol. The van der Waals surface area contributed by atoms with Crippen LogP contribution in [0.4, 0.5) is 0 Å². The van der Waals surface area contributed by atoms with E-state index in [0.717, 1.165) is 0 Å². The number of Topliss-reactive ketones (excluding diaryl/α,β-unsaturated/α-hetero) is 1. The van der Waals surface area contributed by atoms with Crippen molar-refractivity contribution in [1.82, 2.24) is 0 Å². The number of ketones is 1. The fraction of sp³-hybridized carbons (Fsp3) is 0.300. The Morgan fingerprint density at radius 3 is 2.00 bits per heavy atom. The monoisotopic (exact) mass is 204 g/mol. The zero-order chi connectivity index (χ0) is 10.1. The fourth-order valence-corrected chi connectivity index (χ4v) is 0.966. The topological polar surface area (TPSA) is 57.5 Å². The van der Waals surface area contributed by atoms with Crippen molar-refractivity contribution >= 4 is 35.3 Å². The molecule has 0 fully saturated rings. The van der Waals surface area contributed by atoms with E-state index in [9.17, 15) is 9.90 Å². The first kappa shape index (κ1) is 13.7. The standard InChI is InChI=1S/C10H12O3.Na.H/c1-10(2,13)9(12)7-3-5-8(11)6-4-7;;/h3-6,11,13H,1-2H3;;. The summed E-state index contributed by atoms with van der Waals surface area (Å²) in [6.07, 6.45) is 0. The first-order valence-electron chi connectivity index (χ1n) is 3.97. The molecule has 2 N–H and O–H groups in total. The van der Waals surface area contributed by atoms with Crippen molar-refractivity contribution in [2.24, 2.45) is 0 Å². The van der Waals surface area contributed by atoms with Crippen molar-refractivity contribution in [1.29, 1.82) is 0 Å². The van der Waals surface area contributed by atoms with Gasteiger partial charge in [-0.25, -0.2) is 0 Å². The molecule has 1 rings (SSSR count). The first-order valence-corrected chi connectivity index (χ1v) is 3.97. The number of aliphatic hydroxyl groups is 1. The van der Waals surface area contributed by atoms with E-state index in [1.54, 1.807) is 0 Å². The molecule has 0 spiro atoms. The van der Waals surface area contributed by atoms with E-state index in [1.165, 1.54) is 38.1 Å². The van der Waals surface area contributed by atoms with Crippen LogP contribution in [0.25, 0.3) is 0 Å². The van der Waals surface area contributed by atoms with Crippen molar-refractivity contribution in [3.8, 4) is 5.75 Å². The average Bonchev–Trinajstić information content (AvgIpc) is 2.03. The molecule has 0 heterocycles. The van der Waals surface area contributed by atoms with Crippen molar-refractivity contribution in [3.63, 3.8) is 0 Å². The number of aromatic hydroxyl groups is 1. The van der Waals surface area contributed by atoms with Crippen LogP contribution in [0.3, 0.4) is 0 Å². The van der Waals surface area contributed by atoms with Crippen LogP contribution < -0.4 is 0 Å². The molecule has 0 unspecified atom stereocenters. The summed E-state index contributed by atoms with van der Waals surface area (Å²) in [5, 5.41) is 18.4. The molecule has 0 bridgehead atoms. The maximum atomic E-state index is 11.4. The Kier molecular flexibility index (Phi) is 4.81. The molecule has 1 aromatic rings. The molecular weight excluding hydrogens is 191 g/mol. The summed E-state index contributed by atoms with van der Waals surface area (Å²) in [6.45, 7) is 2.87. The molecule has 0 aliphatic heterocycles. The second-order valence-electron chi connectivity index (χ2n) is 3.44. The third-order valence-corrected chi connectivity index (χ3v) is 1.69. The molecule has 72 valence electrons. The summed E-state index contributed by atoms with van der Waals surface area (Å²) in [4.78, 5) is 11.4. The van der Waals surface area contributed by atoms with E-state index in [-0.39, 0.29) is 41.1 Å². The predicted octanol–water partition coefficient (Wildman–Crippen LogP) is 0.697. The molecule has 0 aliphatic rings. The van der Waals surface area contributed by atoms with Gasteiger partial charge >= 0.3 is 29.6 Å². The van der Waals surface area contributed by atoms with E-state index < -0.39 is 5.60 Å². The van der Waals surface area contributed by atoms with Gasteiger partial charge in [-0.15, -0.1) is 0 Å². The second kappa shape index (κ2) is 4.94. The van der Waals surface area contributed by atoms with Crippen molar-refractivity contribution in [2.75, 3.05) is 0 Å². The maximum absolute atomic E-state index is 11.4. The first-order chi connectivity index (χ1) is 5.91. The van der Waals surface area contributed by atoms with Crippen LogP contribution in [0.5, 0.6) is 5.75 Å². The SMILES string of the molecule is CC(C)(O)C(=O)c1ccc(O)cc1.[NaH]. The van der Waals surface area contributed by atoms with Gasteiger partial charge in [-0.3, -0.25) is 4.79 Å². The number of phenolic OH excluding ortho intramolecular Hbond substituents is 1. The summed E-state index contributed by atoms with van der Waals surface area (Å²) in [6, 6.07) is 5.79. The van der Waals surface area contributed by atoms with E-state index in [1.807, 2.05) is 0 Å². The quantitative estimate of drug-likeness (QED) is 0.550. The number of rotatable bonds is 2. The summed E-state index contributed by atoms with van der Waals surface area (Å²) in [5.74, 6) is -0.250. The number of carbonyl (C=O) groups excluding carboxylic acids is 1. The van der Waals surface area contributed by atoms with E-state index in [4.69, 9.17) is 5.11 Å². The van der Waals surface area contributed by atoms with Crippen LogP contribution in [-0.4, -0.2) is 51.2 Å². The Labute approximate surface area is 105 Å². The van der Waals surface area contributed by atoms with Gasteiger partial charge in [-0.2, -0.15) is 0 Å². The van der Waals surface area contributed by atoms with Gasteiger partial charge in [0.1, 0.15) is 11.4 Å². The van der Waals surface area contributed by atoms with Gasteiger partial charge in [0.05, 0.1) is 0 Å². The second-order valence-corrected chi connectivity index (χ2v) is 3.44. The summed E-state index contributed by atoms with van der Waals surface area (Å²) < 4.78 is 0. The van der Waals surface area contributed by atoms with E-state index in [0.29, 0.717) is 5.56 Å². The normalized spacial score (nSPS) is 10.5. The number of phenols is 1. The third kappa shape index (κ3) is 3.42. The Morgan fingerprint density at radius 2 is 1.64 bits per heavy atom. The number of carbonyl (C=O) groups is 1. The summed E-state index contributed by atoms with van der Waals surface area (Å²) in [5.41, 5.74) is -0.970. The fourth-order valence-electron chi connectivity index (χ4n) is 0.966. The molecule has 0 saturated carbocycles. The van der Waals surface area contributed by atoms with Crippen LogP contribution in [0.1, 0.15) is 24.2 Å². The molecular formula is C10H13NaO3. The van der Waals surface area contributed by atoms with E-state index in [2.05, 4.69) is 0 Å². The number of hydrogen-bond acceptors (Lipinski definition) is 3. The van der Waals surface area contributed by atoms with E-state index >= 15 is 0 Å². The van der Waals surface area contributed by atoms with Gasteiger partial charge in [0, 0.05) is 5.56 Å². The number of hydrogen-bond donors (Lipinski definition) is 2. The van der Waals surface area contributed by atoms with Crippen molar-refractivity contribution in [3.05, 3.63) is 29.8 Å². The number of benzene rings is 1. The summed E-state index contributed by atoms with van der Waals surface area (Å²) in [7, 11) is 0. The van der Waals surface area contributed by atoms with Crippen LogP contribution >= 0.6 is 0 Å². The molecule has 14 heavy (non-hydrogen) atoms. The molecule has 4 heteroatoms. The van der Waals surface area contributed by atoms with Gasteiger partial charge in [-0.05, 0) is 38.1 Å². The molecule has 1 aromatic carbocycles. The molecule has 0 aromatic heterocycles. The Hall–Kier alpha value is -0.350. The molecule has 0 saturated heterocycles. The molecule has 0 radical (unpaired) electrons. The van der Waals surface area contributed by atoms with Crippen LogP contribution in [0.15, 0.2) is 24.3 Å². The van der Waals surface area contributed by atoms with Crippen molar-refractivity contribution < 1.29 is 15.0 Å². The zero-order valence-electron chi connectivity index (χ0n) is 7.61. The third-order valence-electron chi connectivity index (χ3n) is 1.69. The van der Waals surface area contributed by atoms with Gasteiger partial charge in [-0.1, -0.05) is 0 Å². The minimum absolute atomic E-state index is 0. The van der Waals surface area contributed by atoms with Crippen LogP contribution in [0.2, 0.25) is 0 Å². The Morgan fingerprint density at radius 1 is 1.21 bits per heavy atom. The molecule has 0 amide bonds. The van der Waals surface area contributed by atoms with Gasteiger partial charge in [0.2, 0.25) is 0 Å². The molecule has 3 nitrogen and oxygen atoms in total. The van der Waals surface area contributed by atoms with Gasteiger partial charge in [0.25, 0.3) is 0 Å². The van der Waals surface area contributed by atoms with Crippen LogP contribution in [-0.2, 0) is 0 Å². The average molecular weight is 204 g/mol. The Balaban J connectivity index is 0.00000169. The molecule has 0 atom stereocenters.